The Morgan fingerprint density at radius 3 is 2.50 bits per heavy atom. The summed E-state index contributed by atoms with van der Waals surface area (Å²) in [6.45, 7) is 2.80. The number of hydrogen-bond acceptors (Lipinski definition) is 5. The highest BCUT2D eigenvalue weighted by Gasteiger charge is 2.19. The molecule has 0 fully saturated rings. The van der Waals surface area contributed by atoms with Crippen LogP contribution >= 0.6 is 24.2 Å². The topological polar surface area (TPSA) is 72.6 Å². The minimum Gasteiger partial charge on any atom is -0.469 e. The van der Waals surface area contributed by atoms with E-state index in [9.17, 15) is 9.59 Å². The van der Waals surface area contributed by atoms with E-state index in [0.717, 1.165) is 5.75 Å². The van der Waals surface area contributed by atoms with Crippen LogP contribution in [-0.2, 0) is 14.3 Å². The minimum atomic E-state index is -0.472. The predicted octanol–water partition coefficient (Wildman–Crippen LogP) is 0.900. The van der Waals surface area contributed by atoms with Crippen molar-refractivity contribution in [2.45, 2.75) is 25.8 Å². The van der Waals surface area contributed by atoms with E-state index in [1.165, 1.54) is 7.11 Å². The fraction of sp³-hybridized carbons (Fsp3) is 0.818. The van der Waals surface area contributed by atoms with Gasteiger partial charge in [-0.3, -0.25) is 9.59 Å². The van der Waals surface area contributed by atoms with E-state index in [1.54, 1.807) is 16.7 Å². The molecule has 0 saturated carbocycles. The molecule has 5 nitrogen and oxygen atoms in total. The zero-order chi connectivity index (χ0) is 13.3. The molecule has 108 valence electrons. The lowest BCUT2D eigenvalue weighted by Crippen LogP contribution is -2.44. The Hall–Kier alpha value is -0.460. The molecule has 0 aromatic carbocycles. The molecule has 0 aliphatic heterocycles. The average Bonchev–Trinajstić information content (AvgIpc) is 2.35. The summed E-state index contributed by atoms with van der Waals surface area (Å²) < 4.78 is 4.54. The predicted molar refractivity (Wildman–Crippen MR) is 77.1 cm³/mol. The van der Waals surface area contributed by atoms with Gasteiger partial charge in [0.15, 0.2) is 0 Å². The molecule has 1 amide bonds. The second kappa shape index (κ2) is 11.6. The van der Waals surface area contributed by atoms with Crippen LogP contribution in [0.15, 0.2) is 0 Å². The van der Waals surface area contributed by atoms with Crippen molar-refractivity contribution in [1.82, 2.24) is 4.90 Å². The molecule has 1 unspecified atom stereocenters. The van der Waals surface area contributed by atoms with Crippen molar-refractivity contribution in [2.75, 3.05) is 32.2 Å². The monoisotopic (exact) mass is 298 g/mol. The molecular formula is C11H23ClN2O3S. The Kier molecular flexibility index (Phi) is 12.8. The number of ether oxygens (including phenoxy) is 1. The number of nitrogens with zero attached hydrogens (tertiary/aromatic N) is 1. The van der Waals surface area contributed by atoms with Crippen molar-refractivity contribution in [3.63, 3.8) is 0 Å². The third-order valence-electron chi connectivity index (χ3n) is 2.46. The molecule has 18 heavy (non-hydrogen) atoms. The lowest BCUT2D eigenvalue weighted by Gasteiger charge is -2.23. The maximum Gasteiger partial charge on any atom is 0.307 e. The zero-order valence-electron chi connectivity index (χ0n) is 11.2. The highest BCUT2D eigenvalue weighted by molar-refractivity contribution is 7.98. The van der Waals surface area contributed by atoms with E-state index in [2.05, 4.69) is 4.74 Å². The van der Waals surface area contributed by atoms with E-state index in [-0.39, 0.29) is 30.7 Å². The molecule has 0 aliphatic rings. The number of methoxy groups -OCH3 is 1. The molecule has 0 aliphatic carbocycles. The van der Waals surface area contributed by atoms with E-state index >= 15 is 0 Å². The largest absolute Gasteiger partial charge is 0.469 e. The van der Waals surface area contributed by atoms with Crippen molar-refractivity contribution >= 4 is 36.0 Å². The molecule has 0 aromatic heterocycles. The van der Waals surface area contributed by atoms with E-state index in [1.807, 2.05) is 13.2 Å². The molecule has 2 N–H and O–H groups in total. The van der Waals surface area contributed by atoms with Crippen molar-refractivity contribution in [1.29, 1.82) is 0 Å². The summed E-state index contributed by atoms with van der Waals surface area (Å²) in [7, 11) is 1.34. The third kappa shape index (κ3) is 7.79. The van der Waals surface area contributed by atoms with Gasteiger partial charge in [-0.05, 0) is 25.4 Å². The number of carbonyl (C=O) groups is 2. The first kappa shape index (κ1) is 19.9. The van der Waals surface area contributed by atoms with Gasteiger partial charge >= 0.3 is 5.97 Å². The second-order valence-electron chi connectivity index (χ2n) is 3.63. The summed E-state index contributed by atoms with van der Waals surface area (Å²) in [6.07, 6.45) is 2.85. The first-order chi connectivity index (χ1) is 8.06. The number of rotatable bonds is 8. The van der Waals surface area contributed by atoms with E-state index in [0.29, 0.717) is 19.5 Å². The van der Waals surface area contributed by atoms with Gasteiger partial charge in [-0.1, -0.05) is 0 Å². The van der Waals surface area contributed by atoms with Crippen LogP contribution in [0.3, 0.4) is 0 Å². The number of nitrogens with two attached hydrogens (primary N) is 1. The summed E-state index contributed by atoms with van der Waals surface area (Å²) in [4.78, 5) is 24.5. The molecule has 0 spiro atoms. The first-order valence-corrected chi connectivity index (χ1v) is 7.06. The van der Waals surface area contributed by atoms with Gasteiger partial charge in [0, 0.05) is 13.1 Å². The number of likely N-dealkylation sites (N-methyl/N-ethyl adjacent to an activating group) is 1. The number of hydrogen-bond donors (Lipinski definition) is 1. The Labute approximate surface area is 119 Å². The van der Waals surface area contributed by atoms with Crippen LogP contribution in [0, 0.1) is 0 Å². The highest BCUT2D eigenvalue weighted by atomic mass is 35.5. The van der Waals surface area contributed by atoms with Crippen LogP contribution in [0.1, 0.15) is 19.8 Å². The van der Waals surface area contributed by atoms with Crippen molar-refractivity contribution in [2.24, 2.45) is 5.73 Å². The Bertz CT molecular complexity index is 254. The number of halogens is 1. The fourth-order valence-corrected chi connectivity index (χ4v) is 1.84. The van der Waals surface area contributed by atoms with Gasteiger partial charge in [0.2, 0.25) is 5.91 Å². The standard InChI is InChI=1S/C11H22N2O3S.ClH/c1-4-13(7-5-10(14)16-2)11(15)9(12)6-8-17-3;/h9H,4-8,12H2,1-3H3;1H. The number of esters is 1. The van der Waals surface area contributed by atoms with Crippen LogP contribution in [-0.4, -0.2) is 55.0 Å². The van der Waals surface area contributed by atoms with E-state index in [4.69, 9.17) is 5.73 Å². The van der Waals surface area contributed by atoms with E-state index < -0.39 is 6.04 Å². The Morgan fingerprint density at radius 1 is 1.44 bits per heavy atom. The molecule has 0 bridgehead atoms. The number of amides is 1. The summed E-state index contributed by atoms with van der Waals surface area (Å²) in [5.41, 5.74) is 5.80. The van der Waals surface area contributed by atoms with Gasteiger partial charge in [-0.15, -0.1) is 12.4 Å². The van der Waals surface area contributed by atoms with Gasteiger partial charge in [-0.2, -0.15) is 11.8 Å². The molecule has 0 aromatic rings. The quantitative estimate of drug-likeness (QED) is 0.674. The van der Waals surface area contributed by atoms with Gasteiger partial charge in [-0.25, -0.2) is 0 Å². The minimum absolute atomic E-state index is 0. The van der Waals surface area contributed by atoms with Gasteiger partial charge in [0.1, 0.15) is 0 Å². The second-order valence-corrected chi connectivity index (χ2v) is 4.62. The Balaban J connectivity index is 0. The van der Waals surface area contributed by atoms with Crippen molar-refractivity contribution < 1.29 is 14.3 Å². The molecular weight excluding hydrogens is 276 g/mol. The van der Waals surface area contributed by atoms with Crippen LogP contribution in [0.4, 0.5) is 0 Å². The molecule has 0 rings (SSSR count). The average molecular weight is 299 g/mol. The number of carbonyl (C=O) groups excluding carboxylic acids is 2. The summed E-state index contributed by atoms with van der Waals surface area (Å²) >= 11 is 1.66. The van der Waals surface area contributed by atoms with Crippen LogP contribution in [0.2, 0.25) is 0 Å². The van der Waals surface area contributed by atoms with Crippen molar-refractivity contribution in [3.05, 3.63) is 0 Å². The maximum atomic E-state index is 11.9. The molecule has 0 saturated heterocycles. The number of thioether (sulfide) groups is 1. The first-order valence-electron chi connectivity index (χ1n) is 5.66. The SMILES string of the molecule is CCN(CCC(=O)OC)C(=O)C(N)CCSC.Cl. The molecule has 0 radical (unpaired) electrons. The fourth-order valence-electron chi connectivity index (χ4n) is 1.36. The van der Waals surface area contributed by atoms with Crippen molar-refractivity contribution in [3.8, 4) is 0 Å². The molecule has 0 heterocycles. The lowest BCUT2D eigenvalue weighted by molar-refractivity contribution is -0.141. The van der Waals surface area contributed by atoms with Crippen LogP contribution in [0.5, 0.6) is 0 Å². The van der Waals surface area contributed by atoms with Gasteiger partial charge in [0.05, 0.1) is 19.6 Å². The third-order valence-corrected chi connectivity index (χ3v) is 3.10. The van der Waals surface area contributed by atoms with Crippen LogP contribution < -0.4 is 5.73 Å². The summed E-state index contributed by atoms with van der Waals surface area (Å²) in [5, 5.41) is 0. The molecule has 7 heteroatoms. The van der Waals surface area contributed by atoms with Crippen LogP contribution in [0.25, 0.3) is 0 Å². The molecule has 1 atom stereocenters. The smallest absolute Gasteiger partial charge is 0.307 e. The summed E-state index contributed by atoms with van der Waals surface area (Å²) in [6, 6.07) is -0.472. The Morgan fingerprint density at radius 2 is 2.06 bits per heavy atom. The maximum absolute atomic E-state index is 11.9. The zero-order valence-corrected chi connectivity index (χ0v) is 12.8. The highest BCUT2D eigenvalue weighted by Crippen LogP contribution is 2.03. The lowest BCUT2D eigenvalue weighted by atomic mass is 10.2. The van der Waals surface area contributed by atoms with Gasteiger partial charge < -0.3 is 15.4 Å². The summed E-state index contributed by atoms with van der Waals surface area (Å²) in [5.74, 6) is 0.459. The van der Waals surface area contributed by atoms with Gasteiger partial charge in [0.25, 0.3) is 0 Å². The normalized spacial score (nSPS) is 11.3.